The van der Waals surface area contributed by atoms with Gasteiger partial charge < -0.3 is 10.1 Å². The minimum Gasteiger partial charge on any atom is -0.383 e. The molecule has 0 aliphatic carbocycles. The molecule has 1 aromatic rings. The molecule has 1 unspecified atom stereocenters. The summed E-state index contributed by atoms with van der Waals surface area (Å²) in [5.41, 5.74) is -0.497. The second-order valence-electron chi connectivity index (χ2n) is 4.56. The zero-order valence-electron chi connectivity index (χ0n) is 11.4. The number of rotatable bonds is 6. The van der Waals surface area contributed by atoms with Crippen molar-refractivity contribution >= 4 is 23.2 Å². The van der Waals surface area contributed by atoms with Crippen LogP contribution in [0.2, 0.25) is 5.15 Å². The fourth-order valence-corrected chi connectivity index (χ4v) is 1.73. The SMILES string of the molecule is COCC(NC(=O)c1cc(Cl)ncc1[N+](=O)[O-])C(C)C. The molecular weight excluding hydrogens is 286 g/mol. The summed E-state index contributed by atoms with van der Waals surface area (Å²) >= 11 is 5.69. The molecule has 0 spiro atoms. The van der Waals surface area contributed by atoms with Crippen molar-refractivity contribution < 1.29 is 14.5 Å². The predicted octanol–water partition coefficient (Wildman–Crippen LogP) is 2.04. The number of carbonyl (C=O) groups excluding carboxylic acids is 1. The van der Waals surface area contributed by atoms with Crippen molar-refractivity contribution in [1.82, 2.24) is 10.3 Å². The lowest BCUT2D eigenvalue weighted by molar-refractivity contribution is -0.385. The van der Waals surface area contributed by atoms with Crippen molar-refractivity contribution in [1.29, 1.82) is 0 Å². The largest absolute Gasteiger partial charge is 0.383 e. The van der Waals surface area contributed by atoms with Gasteiger partial charge in [0.2, 0.25) is 0 Å². The zero-order valence-corrected chi connectivity index (χ0v) is 12.2. The standard InChI is InChI=1S/C12H16ClN3O4/c1-7(2)9(6-20-3)15-12(17)8-4-11(13)14-5-10(8)16(18)19/h4-5,7,9H,6H2,1-3H3,(H,15,17). The van der Waals surface area contributed by atoms with Gasteiger partial charge in [-0.15, -0.1) is 0 Å². The van der Waals surface area contributed by atoms with E-state index in [1.54, 1.807) is 0 Å². The van der Waals surface area contributed by atoms with Crippen molar-refractivity contribution in [3.63, 3.8) is 0 Å². The molecule has 1 heterocycles. The summed E-state index contributed by atoms with van der Waals surface area (Å²) in [4.78, 5) is 26.0. The highest BCUT2D eigenvalue weighted by Gasteiger charge is 2.24. The van der Waals surface area contributed by atoms with Crippen LogP contribution in [0, 0.1) is 16.0 Å². The summed E-state index contributed by atoms with van der Waals surface area (Å²) in [6.07, 6.45) is 0.970. The molecule has 7 nitrogen and oxygen atoms in total. The first kappa shape index (κ1) is 16.3. The van der Waals surface area contributed by atoms with Crippen LogP contribution >= 0.6 is 11.6 Å². The fourth-order valence-electron chi connectivity index (χ4n) is 1.58. The van der Waals surface area contributed by atoms with E-state index in [2.05, 4.69) is 10.3 Å². The van der Waals surface area contributed by atoms with Crippen molar-refractivity contribution in [2.75, 3.05) is 13.7 Å². The molecule has 1 amide bonds. The highest BCUT2D eigenvalue weighted by molar-refractivity contribution is 6.29. The molecule has 0 radical (unpaired) electrons. The van der Waals surface area contributed by atoms with Crippen LogP contribution in [0.15, 0.2) is 12.3 Å². The maximum atomic E-state index is 12.2. The van der Waals surface area contributed by atoms with Crippen molar-refractivity contribution in [3.05, 3.63) is 33.1 Å². The number of amides is 1. The lowest BCUT2D eigenvalue weighted by atomic mass is 10.0. The first-order valence-corrected chi connectivity index (χ1v) is 6.34. The highest BCUT2D eigenvalue weighted by atomic mass is 35.5. The highest BCUT2D eigenvalue weighted by Crippen LogP contribution is 2.20. The van der Waals surface area contributed by atoms with Gasteiger partial charge in [0.15, 0.2) is 0 Å². The van der Waals surface area contributed by atoms with Gasteiger partial charge in [-0.3, -0.25) is 14.9 Å². The zero-order chi connectivity index (χ0) is 15.3. The number of aromatic nitrogens is 1. The van der Waals surface area contributed by atoms with E-state index in [1.165, 1.54) is 13.2 Å². The molecule has 0 aromatic carbocycles. The number of nitrogens with one attached hydrogen (secondary N) is 1. The topological polar surface area (TPSA) is 94.4 Å². The molecule has 1 N–H and O–H groups in total. The minimum atomic E-state index is -0.668. The molecule has 0 saturated carbocycles. The Balaban J connectivity index is 3.02. The van der Waals surface area contributed by atoms with Gasteiger partial charge >= 0.3 is 0 Å². The Morgan fingerprint density at radius 3 is 2.75 bits per heavy atom. The molecule has 1 aromatic heterocycles. The Bertz CT molecular complexity index is 507. The molecule has 0 fully saturated rings. The number of methoxy groups -OCH3 is 1. The third kappa shape index (κ3) is 4.14. The van der Waals surface area contributed by atoms with Crippen LogP contribution < -0.4 is 5.32 Å². The molecule has 0 aliphatic heterocycles. The lowest BCUT2D eigenvalue weighted by Gasteiger charge is -2.21. The summed E-state index contributed by atoms with van der Waals surface area (Å²) in [6.45, 7) is 4.14. The Morgan fingerprint density at radius 2 is 2.25 bits per heavy atom. The summed E-state index contributed by atoms with van der Waals surface area (Å²) in [7, 11) is 1.52. The second kappa shape index (κ2) is 7.16. The predicted molar refractivity (Wildman–Crippen MR) is 73.9 cm³/mol. The van der Waals surface area contributed by atoms with Crippen LogP contribution in [-0.2, 0) is 4.74 Å². The molecule has 0 saturated heterocycles. The molecule has 8 heteroatoms. The summed E-state index contributed by atoms with van der Waals surface area (Å²) in [5, 5.41) is 13.6. The molecule has 20 heavy (non-hydrogen) atoms. The quantitative estimate of drug-likeness (QED) is 0.493. The number of carbonyl (C=O) groups is 1. The van der Waals surface area contributed by atoms with E-state index in [0.717, 1.165) is 6.20 Å². The average molecular weight is 302 g/mol. The van der Waals surface area contributed by atoms with Gasteiger partial charge in [0.05, 0.1) is 17.6 Å². The monoisotopic (exact) mass is 301 g/mol. The van der Waals surface area contributed by atoms with Gasteiger partial charge in [-0.05, 0) is 12.0 Å². The first-order chi connectivity index (χ1) is 9.36. The van der Waals surface area contributed by atoms with Crippen LogP contribution in [0.1, 0.15) is 24.2 Å². The Hall–Kier alpha value is -1.73. The van der Waals surface area contributed by atoms with Gasteiger partial charge in [-0.2, -0.15) is 0 Å². The molecule has 110 valence electrons. The van der Waals surface area contributed by atoms with Crippen LogP contribution in [0.4, 0.5) is 5.69 Å². The summed E-state index contributed by atoms with van der Waals surface area (Å²) in [6, 6.07) is 0.929. The van der Waals surface area contributed by atoms with E-state index in [4.69, 9.17) is 16.3 Å². The average Bonchev–Trinajstić information content (AvgIpc) is 2.37. The minimum absolute atomic E-state index is 0.0218. The second-order valence-corrected chi connectivity index (χ2v) is 4.95. The van der Waals surface area contributed by atoms with Crippen LogP contribution in [0.5, 0.6) is 0 Å². The van der Waals surface area contributed by atoms with E-state index in [9.17, 15) is 14.9 Å². The van der Waals surface area contributed by atoms with E-state index in [1.807, 2.05) is 13.8 Å². The number of halogens is 1. The van der Waals surface area contributed by atoms with E-state index in [0.29, 0.717) is 6.61 Å². The van der Waals surface area contributed by atoms with Crippen molar-refractivity contribution in [2.24, 2.45) is 5.92 Å². The fraction of sp³-hybridized carbons (Fsp3) is 0.500. The maximum absolute atomic E-state index is 12.2. The number of nitro groups is 1. The Kier molecular flexibility index (Phi) is 5.84. The number of hydrogen-bond donors (Lipinski definition) is 1. The third-order valence-electron chi connectivity index (χ3n) is 2.76. The maximum Gasteiger partial charge on any atom is 0.300 e. The smallest absolute Gasteiger partial charge is 0.300 e. The van der Waals surface area contributed by atoms with Gasteiger partial charge in [-0.1, -0.05) is 25.4 Å². The number of pyridine rings is 1. The van der Waals surface area contributed by atoms with Gasteiger partial charge in [0, 0.05) is 7.11 Å². The van der Waals surface area contributed by atoms with Gasteiger partial charge in [0.25, 0.3) is 11.6 Å². The Labute approximate surface area is 121 Å². The van der Waals surface area contributed by atoms with Gasteiger partial charge in [-0.25, -0.2) is 4.98 Å². The van der Waals surface area contributed by atoms with Crippen LogP contribution in [-0.4, -0.2) is 35.6 Å². The van der Waals surface area contributed by atoms with Crippen LogP contribution in [0.25, 0.3) is 0 Å². The summed E-state index contributed by atoms with van der Waals surface area (Å²) in [5.74, 6) is -0.452. The van der Waals surface area contributed by atoms with Gasteiger partial charge in [0.1, 0.15) is 16.9 Å². The number of hydrogen-bond acceptors (Lipinski definition) is 5. The Morgan fingerprint density at radius 1 is 1.60 bits per heavy atom. The first-order valence-electron chi connectivity index (χ1n) is 5.96. The molecular formula is C12H16ClN3O4. The third-order valence-corrected chi connectivity index (χ3v) is 2.97. The normalized spacial score (nSPS) is 12.2. The number of nitrogens with zero attached hydrogens (tertiary/aromatic N) is 2. The van der Waals surface area contributed by atoms with Crippen LogP contribution in [0.3, 0.4) is 0 Å². The van der Waals surface area contributed by atoms with E-state index in [-0.39, 0.29) is 28.4 Å². The van der Waals surface area contributed by atoms with E-state index >= 15 is 0 Å². The van der Waals surface area contributed by atoms with Crippen molar-refractivity contribution in [2.45, 2.75) is 19.9 Å². The molecule has 1 atom stereocenters. The summed E-state index contributed by atoms with van der Waals surface area (Å²) < 4.78 is 5.02. The van der Waals surface area contributed by atoms with E-state index < -0.39 is 10.8 Å². The molecule has 0 bridgehead atoms. The molecule has 0 aliphatic rings. The van der Waals surface area contributed by atoms with Crippen molar-refractivity contribution in [3.8, 4) is 0 Å². The lowest BCUT2D eigenvalue weighted by Crippen LogP contribution is -2.41. The molecule has 1 rings (SSSR count). The number of ether oxygens (including phenoxy) is 1.